The minimum atomic E-state index is -0.102. The molecule has 0 radical (unpaired) electrons. The van der Waals surface area contributed by atoms with Crippen LogP contribution in [-0.2, 0) is 4.74 Å². The molecule has 1 atom stereocenters. The summed E-state index contributed by atoms with van der Waals surface area (Å²) in [6.07, 6.45) is 5.54. The molecule has 90 valence electrons. The monoisotopic (exact) mass is 222 g/mol. The van der Waals surface area contributed by atoms with Crippen LogP contribution in [0.25, 0.3) is 0 Å². The van der Waals surface area contributed by atoms with Crippen LogP contribution in [0.1, 0.15) is 43.9 Å². The van der Waals surface area contributed by atoms with Gasteiger partial charge in [0.05, 0.1) is 5.60 Å². The second kappa shape index (κ2) is 5.41. The van der Waals surface area contributed by atoms with Gasteiger partial charge < -0.3 is 10.5 Å². The van der Waals surface area contributed by atoms with Crippen molar-refractivity contribution in [3.05, 3.63) is 29.6 Å². The van der Waals surface area contributed by atoms with Gasteiger partial charge in [0.2, 0.25) is 0 Å². The maximum Gasteiger partial charge on any atom is 0.0623 e. The summed E-state index contributed by atoms with van der Waals surface area (Å²) >= 11 is 0. The first kappa shape index (κ1) is 13.1. The van der Waals surface area contributed by atoms with E-state index in [1.165, 1.54) is 0 Å². The van der Waals surface area contributed by atoms with Gasteiger partial charge >= 0.3 is 0 Å². The molecule has 1 heterocycles. The van der Waals surface area contributed by atoms with Gasteiger partial charge in [0.15, 0.2) is 0 Å². The van der Waals surface area contributed by atoms with E-state index in [0.717, 1.165) is 24.0 Å². The van der Waals surface area contributed by atoms with E-state index < -0.39 is 0 Å². The number of hydrogen-bond donors (Lipinski definition) is 1. The third-order valence-corrected chi connectivity index (χ3v) is 2.93. The van der Waals surface area contributed by atoms with Crippen molar-refractivity contribution in [1.82, 2.24) is 4.98 Å². The van der Waals surface area contributed by atoms with Gasteiger partial charge in [-0.3, -0.25) is 4.98 Å². The van der Waals surface area contributed by atoms with Gasteiger partial charge in [-0.15, -0.1) is 0 Å². The normalized spacial score (nSPS) is 13.8. The highest BCUT2D eigenvalue weighted by atomic mass is 16.5. The number of aromatic nitrogens is 1. The van der Waals surface area contributed by atoms with Crippen molar-refractivity contribution in [2.24, 2.45) is 5.73 Å². The van der Waals surface area contributed by atoms with Crippen LogP contribution in [0, 0.1) is 6.92 Å². The van der Waals surface area contributed by atoms with Crippen LogP contribution in [0.5, 0.6) is 0 Å². The van der Waals surface area contributed by atoms with Crippen molar-refractivity contribution in [3.63, 3.8) is 0 Å². The molecule has 0 saturated carbocycles. The Morgan fingerprint density at radius 1 is 1.44 bits per heavy atom. The number of nitrogens with zero attached hydrogens (tertiary/aromatic N) is 1. The Balaban J connectivity index is 2.56. The molecule has 1 aromatic rings. The molecular weight excluding hydrogens is 200 g/mol. The lowest BCUT2D eigenvalue weighted by molar-refractivity contribution is 0.0125. The fourth-order valence-electron chi connectivity index (χ4n) is 1.55. The summed E-state index contributed by atoms with van der Waals surface area (Å²) in [4.78, 5) is 4.16. The summed E-state index contributed by atoms with van der Waals surface area (Å²) in [5.74, 6) is 0. The third kappa shape index (κ3) is 3.91. The highest BCUT2D eigenvalue weighted by molar-refractivity contribution is 5.19. The zero-order valence-corrected chi connectivity index (χ0v) is 10.7. The van der Waals surface area contributed by atoms with Crippen LogP contribution in [0.2, 0.25) is 0 Å². The van der Waals surface area contributed by atoms with E-state index in [1.54, 1.807) is 7.11 Å². The van der Waals surface area contributed by atoms with Gasteiger partial charge in [0.1, 0.15) is 0 Å². The molecule has 1 unspecified atom stereocenters. The second-order valence-electron chi connectivity index (χ2n) is 4.90. The Morgan fingerprint density at radius 2 is 2.12 bits per heavy atom. The number of ether oxygens (including phenoxy) is 1. The van der Waals surface area contributed by atoms with Crippen molar-refractivity contribution in [1.29, 1.82) is 0 Å². The van der Waals surface area contributed by atoms with Crippen LogP contribution in [0.4, 0.5) is 0 Å². The number of rotatable bonds is 5. The lowest BCUT2D eigenvalue weighted by Crippen LogP contribution is -2.24. The average Bonchev–Trinajstić information content (AvgIpc) is 2.26. The Kier molecular flexibility index (Phi) is 4.44. The summed E-state index contributed by atoms with van der Waals surface area (Å²) in [7, 11) is 1.74. The minimum Gasteiger partial charge on any atom is -0.379 e. The van der Waals surface area contributed by atoms with Crippen LogP contribution in [0.3, 0.4) is 0 Å². The Bertz CT molecular complexity index is 336. The SMILES string of the molecule is COC(C)(C)CCC(N)c1cncc(C)c1. The standard InChI is InChI=1S/C13H22N2O/c1-10-7-11(9-15-8-10)12(14)5-6-13(2,3)16-4/h7-9,12H,5-6,14H2,1-4H3. The molecule has 2 N–H and O–H groups in total. The molecule has 1 rings (SSSR count). The minimum absolute atomic E-state index is 0.0434. The summed E-state index contributed by atoms with van der Waals surface area (Å²) in [6.45, 7) is 6.19. The topological polar surface area (TPSA) is 48.1 Å². The van der Waals surface area contributed by atoms with Crippen LogP contribution >= 0.6 is 0 Å². The zero-order valence-electron chi connectivity index (χ0n) is 10.7. The largest absolute Gasteiger partial charge is 0.379 e. The molecule has 0 spiro atoms. The fraction of sp³-hybridized carbons (Fsp3) is 0.615. The molecular formula is C13H22N2O. The predicted octanol–water partition coefficient (Wildman–Crippen LogP) is 2.60. The molecule has 0 aromatic carbocycles. The molecule has 0 aliphatic rings. The van der Waals surface area contributed by atoms with Crippen LogP contribution < -0.4 is 5.73 Å². The first-order valence-corrected chi connectivity index (χ1v) is 5.67. The summed E-state index contributed by atoms with van der Waals surface area (Å²) < 4.78 is 5.38. The van der Waals surface area contributed by atoms with E-state index >= 15 is 0 Å². The van der Waals surface area contributed by atoms with Crippen molar-refractivity contribution in [3.8, 4) is 0 Å². The first-order chi connectivity index (χ1) is 7.44. The highest BCUT2D eigenvalue weighted by Gasteiger charge is 2.18. The molecule has 3 heteroatoms. The Morgan fingerprint density at radius 3 is 2.69 bits per heavy atom. The van der Waals surface area contributed by atoms with E-state index in [0.29, 0.717) is 0 Å². The molecule has 0 saturated heterocycles. The number of pyridine rings is 1. The highest BCUT2D eigenvalue weighted by Crippen LogP contribution is 2.22. The number of methoxy groups -OCH3 is 1. The maximum absolute atomic E-state index is 6.13. The van der Waals surface area contributed by atoms with Gasteiger partial charge in [0, 0.05) is 25.5 Å². The van der Waals surface area contributed by atoms with Gasteiger partial charge in [-0.1, -0.05) is 6.07 Å². The molecule has 0 aliphatic carbocycles. The molecule has 0 aliphatic heterocycles. The molecule has 0 amide bonds. The first-order valence-electron chi connectivity index (χ1n) is 5.67. The summed E-state index contributed by atoms with van der Waals surface area (Å²) in [6, 6.07) is 2.14. The van der Waals surface area contributed by atoms with Crippen LogP contribution in [-0.4, -0.2) is 17.7 Å². The fourth-order valence-corrected chi connectivity index (χ4v) is 1.55. The molecule has 3 nitrogen and oxygen atoms in total. The van der Waals surface area contributed by atoms with Crippen LogP contribution in [0.15, 0.2) is 18.5 Å². The van der Waals surface area contributed by atoms with E-state index in [-0.39, 0.29) is 11.6 Å². The van der Waals surface area contributed by atoms with Gasteiger partial charge in [-0.05, 0) is 44.7 Å². The average molecular weight is 222 g/mol. The molecule has 0 bridgehead atoms. The van der Waals surface area contributed by atoms with E-state index in [4.69, 9.17) is 10.5 Å². The smallest absolute Gasteiger partial charge is 0.0623 e. The lowest BCUT2D eigenvalue weighted by atomic mass is 9.96. The Labute approximate surface area is 98.0 Å². The maximum atomic E-state index is 6.13. The van der Waals surface area contributed by atoms with Gasteiger partial charge in [-0.2, -0.15) is 0 Å². The van der Waals surface area contributed by atoms with Crippen molar-refractivity contribution in [2.45, 2.75) is 45.3 Å². The van der Waals surface area contributed by atoms with E-state index in [1.807, 2.05) is 19.3 Å². The number of nitrogens with two attached hydrogens (primary N) is 1. The zero-order chi connectivity index (χ0) is 12.2. The Hall–Kier alpha value is -0.930. The predicted molar refractivity (Wildman–Crippen MR) is 66.2 cm³/mol. The van der Waals surface area contributed by atoms with E-state index in [9.17, 15) is 0 Å². The van der Waals surface area contributed by atoms with Gasteiger partial charge in [0.25, 0.3) is 0 Å². The van der Waals surface area contributed by atoms with Crippen molar-refractivity contribution >= 4 is 0 Å². The number of hydrogen-bond acceptors (Lipinski definition) is 3. The van der Waals surface area contributed by atoms with Crippen molar-refractivity contribution in [2.75, 3.05) is 7.11 Å². The van der Waals surface area contributed by atoms with Gasteiger partial charge in [-0.25, -0.2) is 0 Å². The molecule has 1 aromatic heterocycles. The van der Waals surface area contributed by atoms with E-state index in [2.05, 4.69) is 24.9 Å². The lowest BCUT2D eigenvalue weighted by Gasteiger charge is -2.24. The molecule has 16 heavy (non-hydrogen) atoms. The quantitative estimate of drug-likeness (QED) is 0.833. The summed E-state index contributed by atoms with van der Waals surface area (Å²) in [5, 5.41) is 0. The summed E-state index contributed by atoms with van der Waals surface area (Å²) in [5.41, 5.74) is 8.28. The number of aryl methyl sites for hydroxylation is 1. The van der Waals surface area contributed by atoms with Crippen molar-refractivity contribution < 1.29 is 4.74 Å². The molecule has 0 fully saturated rings. The second-order valence-corrected chi connectivity index (χ2v) is 4.90. The third-order valence-electron chi connectivity index (χ3n) is 2.93.